The molecule has 1 saturated heterocycles. The minimum Gasteiger partial charge on any atom is -0.356 e. The molecule has 238 valence electrons. The molecule has 1 aromatic heterocycles. The zero-order valence-corrected chi connectivity index (χ0v) is 25.6. The van der Waals surface area contributed by atoms with Crippen molar-refractivity contribution < 1.29 is 39.7 Å². The van der Waals surface area contributed by atoms with Crippen molar-refractivity contribution >= 4 is 28.2 Å². The summed E-state index contributed by atoms with van der Waals surface area (Å²) in [6.45, 7) is 5.45. The lowest BCUT2D eigenvalue weighted by Crippen LogP contribution is -2.42. The number of likely N-dealkylation sites (N-methyl/N-ethyl adjacent to an activating group) is 1. The highest BCUT2D eigenvalue weighted by molar-refractivity contribution is 7.84. The van der Waals surface area contributed by atoms with Crippen LogP contribution in [0.25, 0.3) is 11.1 Å². The van der Waals surface area contributed by atoms with Crippen molar-refractivity contribution in [2.45, 2.75) is 45.0 Å². The predicted octanol–water partition coefficient (Wildman–Crippen LogP) is 7.38. The molecule has 0 N–H and O–H groups in total. The van der Waals surface area contributed by atoms with Crippen LogP contribution in [0, 0.1) is 18.7 Å². The second kappa shape index (κ2) is 12.1. The zero-order valence-electron chi connectivity index (χ0n) is 24.7. The zero-order chi connectivity index (χ0) is 32.8. The Morgan fingerprint density at radius 1 is 0.977 bits per heavy atom. The highest BCUT2D eigenvalue weighted by Crippen LogP contribution is 2.41. The molecule has 2 unspecified atom stereocenters. The van der Waals surface area contributed by atoms with Crippen molar-refractivity contribution in [1.82, 2.24) is 4.98 Å². The third kappa shape index (κ3) is 7.08. The van der Waals surface area contributed by atoms with E-state index < -0.39 is 57.0 Å². The molecule has 0 saturated carbocycles. The van der Waals surface area contributed by atoms with Gasteiger partial charge in [0.2, 0.25) is 5.91 Å². The number of hydrogen-bond acceptors (Lipinski definition) is 4. The van der Waals surface area contributed by atoms with Gasteiger partial charge in [0, 0.05) is 48.5 Å². The van der Waals surface area contributed by atoms with Crippen molar-refractivity contribution in [3.63, 3.8) is 0 Å². The molecular formula is C31H32F7N3O2S. The number of carbonyl (C=O) groups is 1. The Morgan fingerprint density at radius 2 is 1.57 bits per heavy atom. The number of aromatic nitrogens is 1. The van der Waals surface area contributed by atoms with E-state index in [-0.39, 0.29) is 17.7 Å². The number of nitrogens with zero attached hydrogens (tertiary/aromatic N) is 3. The molecule has 2 heterocycles. The normalized spacial score (nSPS) is 16.7. The number of alkyl halides is 6. The minimum absolute atomic E-state index is 0.0207. The minimum atomic E-state index is -5.07. The third-order valence-electron chi connectivity index (χ3n) is 7.94. The van der Waals surface area contributed by atoms with Gasteiger partial charge in [-0.3, -0.25) is 9.00 Å². The van der Waals surface area contributed by atoms with Gasteiger partial charge in [0.25, 0.3) is 0 Å². The van der Waals surface area contributed by atoms with Crippen LogP contribution in [-0.4, -0.2) is 47.2 Å². The van der Waals surface area contributed by atoms with Crippen molar-refractivity contribution in [1.29, 1.82) is 0 Å². The van der Waals surface area contributed by atoms with E-state index in [0.717, 1.165) is 11.3 Å². The summed E-state index contributed by atoms with van der Waals surface area (Å²) in [7, 11) is 0.394. The number of hydrogen-bond donors (Lipinski definition) is 0. The van der Waals surface area contributed by atoms with Gasteiger partial charge in [0.1, 0.15) is 11.6 Å². The molecular weight excluding hydrogens is 611 g/mol. The van der Waals surface area contributed by atoms with Crippen LogP contribution in [0.4, 0.5) is 42.2 Å². The fourth-order valence-electron chi connectivity index (χ4n) is 5.50. The maximum absolute atomic E-state index is 14.0. The molecule has 1 aliphatic rings. The molecule has 1 aliphatic heterocycles. The van der Waals surface area contributed by atoms with E-state index in [0.29, 0.717) is 53.5 Å². The summed E-state index contributed by atoms with van der Waals surface area (Å²) in [5.41, 5.74) is -3.52. The van der Waals surface area contributed by atoms with Crippen LogP contribution in [0.2, 0.25) is 0 Å². The Kier molecular flexibility index (Phi) is 9.21. The van der Waals surface area contributed by atoms with Gasteiger partial charge in [-0.05, 0) is 86.2 Å². The van der Waals surface area contributed by atoms with E-state index in [4.69, 9.17) is 0 Å². The van der Waals surface area contributed by atoms with Gasteiger partial charge in [0.05, 0.1) is 28.4 Å². The number of anilines is 2. The lowest BCUT2D eigenvalue weighted by atomic mass is 9.81. The van der Waals surface area contributed by atoms with Crippen molar-refractivity contribution in [2.24, 2.45) is 5.92 Å². The predicted molar refractivity (Wildman–Crippen MR) is 157 cm³/mol. The molecule has 13 heteroatoms. The highest BCUT2D eigenvalue weighted by atomic mass is 32.2. The molecule has 0 bridgehead atoms. The summed E-state index contributed by atoms with van der Waals surface area (Å²) >= 11 is 0. The number of pyridine rings is 1. The van der Waals surface area contributed by atoms with Crippen LogP contribution in [-0.2, 0) is 33.4 Å². The van der Waals surface area contributed by atoms with E-state index in [1.807, 2.05) is 4.90 Å². The van der Waals surface area contributed by atoms with Crippen molar-refractivity contribution in [3.05, 3.63) is 76.7 Å². The average Bonchev–Trinajstić information content (AvgIpc) is 3.38. The molecule has 2 aromatic carbocycles. The van der Waals surface area contributed by atoms with E-state index in [2.05, 4.69) is 4.98 Å². The first-order chi connectivity index (χ1) is 20.3. The largest absolute Gasteiger partial charge is 0.416 e. The molecule has 0 aliphatic carbocycles. The summed E-state index contributed by atoms with van der Waals surface area (Å²) in [4.78, 5) is 21.6. The molecule has 0 radical (unpaired) electrons. The number of rotatable bonds is 7. The van der Waals surface area contributed by atoms with E-state index in [9.17, 15) is 39.7 Å². The number of benzene rings is 2. The van der Waals surface area contributed by atoms with Crippen LogP contribution in [0.15, 0.2) is 48.7 Å². The second-order valence-corrected chi connectivity index (χ2v) is 13.1. The first-order valence-electron chi connectivity index (χ1n) is 13.7. The molecule has 5 nitrogen and oxygen atoms in total. The third-order valence-corrected chi connectivity index (χ3v) is 8.88. The number of aryl methyl sites for hydroxylation is 1. The van der Waals surface area contributed by atoms with Gasteiger partial charge < -0.3 is 9.80 Å². The smallest absolute Gasteiger partial charge is 0.356 e. The summed E-state index contributed by atoms with van der Waals surface area (Å²) in [5, 5.41) is 0. The van der Waals surface area contributed by atoms with Crippen molar-refractivity contribution in [3.8, 4) is 11.1 Å². The van der Waals surface area contributed by atoms with Crippen LogP contribution in [0.1, 0.15) is 42.5 Å². The Morgan fingerprint density at radius 3 is 2.11 bits per heavy atom. The summed E-state index contributed by atoms with van der Waals surface area (Å²) in [6, 6.07) is 6.96. The van der Waals surface area contributed by atoms with E-state index in [1.54, 1.807) is 19.2 Å². The lowest BCUT2D eigenvalue weighted by Gasteiger charge is -2.32. The van der Waals surface area contributed by atoms with E-state index >= 15 is 0 Å². The Labute approximate surface area is 253 Å². The second-order valence-electron chi connectivity index (χ2n) is 11.6. The highest BCUT2D eigenvalue weighted by Gasteiger charge is 2.41. The summed E-state index contributed by atoms with van der Waals surface area (Å²) in [6.07, 6.45) is -6.29. The van der Waals surface area contributed by atoms with Gasteiger partial charge in [-0.2, -0.15) is 26.3 Å². The van der Waals surface area contributed by atoms with Crippen LogP contribution >= 0.6 is 0 Å². The van der Waals surface area contributed by atoms with Crippen LogP contribution in [0.5, 0.6) is 0 Å². The van der Waals surface area contributed by atoms with Gasteiger partial charge in [-0.15, -0.1) is 0 Å². The van der Waals surface area contributed by atoms with Crippen LogP contribution < -0.4 is 9.80 Å². The first-order valence-corrected chi connectivity index (χ1v) is 15.4. The Hall–Kier alpha value is -3.48. The van der Waals surface area contributed by atoms with E-state index in [1.165, 1.54) is 45.3 Å². The summed E-state index contributed by atoms with van der Waals surface area (Å²) in [5.74, 6) is 0.0260. The molecule has 0 spiro atoms. The van der Waals surface area contributed by atoms with Gasteiger partial charge in [-0.1, -0.05) is 6.07 Å². The molecule has 1 amide bonds. The fraction of sp³-hybridized carbons (Fsp3) is 0.419. The maximum Gasteiger partial charge on any atom is 0.416 e. The SMILES string of the molecule is Cc1cc(F)ccc1-c1cc(N2CCC(CS(C)=O)C2)ncc1N(C)C(=O)C(C)(C)c1cc(C(F)(F)F)cc(C(F)(F)F)c1. The van der Waals surface area contributed by atoms with Crippen LogP contribution in [0.3, 0.4) is 0 Å². The van der Waals surface area contributed by atoms with Crippen molar-refractivity contribution in [2.75, 3.05) is 41.9 Å². The topological polar surface area (TPSA) is 53.5 Å². The molecule has 3 aromatic rings. The lowest BCUT2D eigenvalue weighted by molar-refractivity contribution is -0.143. The van der Waals surface area contributed by atoms with Gasteiger partial charge in [-0.25, -0.2) is 9.37 Å². The maximum atomic E-state index is 14.0. The number of amides is 1. The molecule has 4 rings (SSSR count). The Balaban J connectivity index is 1.79. The molecule has 44 heavy (non-hydrogen) atoms. The standard InChI is InChI=1S/C31H32F7N3O2S/c1-18-10-23(32)6-7-24(18)25-14-27(41-9-8-19(16-41)17-44(5)43)39-15-26(25)40(4)28(42)29(2,3)20-11-21(30(33,34)35)13-22(12-20)31(36,37)38/h6-7,10-15,19H,8-9,16-17H2,1-5H3. The first kappa shape index (κ1) is 33.4. The van der Waals surface area contributed by atoms with Gasteiger partial charge >= 0.3 is 12.4 Å². The fourth-order valence-corrected chi connectivity index (χ4v) is 6.43. The molecule has 1 fully saturated rings. The Bertz CT molecular complexity index is 1560. The number of halogens is 7. The number of carbonyl (C=O) groups excluding carboxylic acids is 1. The van der Waals surface area contributed by atoms with Gasteiger partial charge in [0.15, 0.2) is 0 Å². The molecule has 2 atom stereocenters. The summed E-state index contributed by atoms with van der Waals surface area (Å²) < 4.78 is 107. The average molecular weight is 644 g/mol. The monoisotopic (exact) mass is 643 g/mol. The quantitative estimate of drug-likeness (QED) is 0.252.